The first-order valence-corrected chi connectivity index (χ1v) is 6.24. The topological polar surface area (TPSA) is 66.6 Å². The standard InChI is InChI=1S/C11H20N2O2S/c12-10(16)8-11(15)13(6-7-14)9-4-2-1-3-5-9/h9,14H,1-8H2,(H2,12,16). The predicted octanol–water partition coefficient (Wildman–Crippen LogP) is 0.816. The Balaban J connectivity index is 2.57. The van der Waals surface area contributed by atoms with Gasteiger partial charge in [-0.25, -0.2) is 0 Å². The van der Waals surface area contributed by atoms with Gasteiger partial charge in [-0.15, -0.1) is 0 Å². The van der Waals surface area contributed by atoms with Gasteiger partial charge < -0.3 is 15.7 Å². The number of aliphatic hydroxyl groups is 1. The first-order valence-electron chi connectivity index (χ1n) is 5.83. The van der Waals surface area contributed by atoms with E-state index in [1.165, 1.54) is 6.42 Å². The summed E-state index contributed by atoms with van der Waals surface area (Å²) in [4.78, 5) is 13.9. The van der Waals surface area contributed by atoms with Crippen molar-refractivity contribution >= 4 is 23.1 Å². The molecule has 4 nitrogen and oxygen atoms in total. The molecule has 0 unspecified atom stereocenters. The summed E-state index contributed by atoms with van der Waals surface area (Å²) < 4.78 is 0. The average molecular weight is 244 g/mol. The van der Waals surface area contributed by atoms with Crippen LogP contribution in [0, 0.1) is 0 Å². The van der Waals surface area contributed by atoms with Gasteiger partial charge in [-0.3, -0.25) is 4.79 Å². The van der Waals surface area contributed by atoms with Crippen LogP contribution in [0.5, 0.6) is 0 Å². The Kier molecular flexibility index (Phi) is 5.69. The van der Waals surface area contributed by atoms with Crippen molar-refractivity contribution in [3.05, 3.63) is 0 Å². The Labute approximate surface area is 102 Å². The fourth-order valence-electron chi connectivity index (χ4n) is 2.26. The van der Waals surface area contributed by atoms with Crippen LogP contribution in [0.3, 0.4) is 0 Å². The maximum Gasteiger partial charge on any atom is 0.229 e. The van der Waals surface area contributed by atoms with Crippen LogP contribution in [-0.2, 0) is 4.79 Å². The van der Waals surface area contributed by atoms with E-state index in [-0.39, 0.29) is 30.0 Å². The molecule has 0 aromatic carbocycles. The van der Waals surface area contributed by atoms with Gasteiger partial charge in [-0.05, 0) is 12.8 Å². The van der Waals surface area contributed by atoms with E-state index in [0.717, 1.165) is 25.7 Å². The highest BCUT2D eigenvalue weighted by Crippen LogP contribution is 2.22. The zero-order chi connectivity index (χ0) is 12.0. The molecule has 5 heteroatoms. The van der Waals surface area contributed by atoms with E-state index in [1.54, 1.807) is 4.90 Å². The quantitative estimate of drug-likeness (QED) is 0.703. The monoisotopic (exact) mass is 244 g/mol. The van der Waals surface area contributed by atoms with Gasteiger partial charge in [0.15, 0.2) is 0 Å². The largest absolute Gasteiger partial charge is 0.395 e. The Morgan fingerprint density at radius 1 is 1.38 bits per heavy atom. The van der Waals surface area contributed by atoms with E-state index < -0.39 is 0 Å². The maximum atomic E-state index is 11.9. The normalized spacial score (nSPS) is 17.1. The Hall–Kier alpha value is -0.680. The Morgan fingerprint density at radius 2 is 2.00 bits per heavy atom. The molecule has 16 heavy (non-hydrogen) atoms. The number of thiocarbonyl (C=S) groups is 1. The van der Waals surface area contributed by atoms with Crippen molar-refractivity contribution in [1.82, 2.24) is 4.90 Å². The van der Waals surface area contributed by atoms with E-state index in [2.05, 4.69) is 0 Å². The molecule has 1 fully saturated rings. The predicted molar refractivity (Wildman–Crippen MR) is 67.1 cm³/mol. The summed E-state index contributed by atoms with van der Waals surface area (Å²) >= 11 is 4.74. The number of hydrogen-bond donors (Lipinski definition) is 2. The van der Waals surface area contributed by atoms with E-state index in [9.17, 15) is 4.79 Å². The van der Waals surface area contributed by atoms with E-state index in [0.29, 0.717) is 6.54 Å². The lowest BCUT2D eigenvalue weighted by Crippen LogP contribution is -2.44. The van der Waals surface area contributed by atoms with Crippen LogP contribution in [0.15, 0.2) is 0 Å². The van der Waals surface area contributed by atoms with Gasteiger partial charge in [-0.2, -0.15) is 0 Å². The van der Waals surface area contributed by atoms with Crippen molar-refractivity contribution in [2.24, 2.45) is 5.73 Å². The third kappa shape index (κ3) is 4.06. The molecular formula is C11H20N2O2S. The van der Waals surface area contributed by atoms with Gasteiger partial charge in [0.05, 0.1) is 18.0 Å². The van der Waals surface area contributed by atoms with Crippen LogP contribution in [0.25, 0.3) is 0 Å². The summed E-state index contributed by atoms with van der Waals surface area (Å²) in [6.45, 7) is 0.395. The second-order valence-electron chi connectivity index (χ2n) is 4.25. The molecule has 1 aliphatic carbocycles. The number of aliphatic hydroxyl groups excluding tert-OH is 1. The Bertz CT molecular complexity index is 252. The summed E-state index contributed by atoms with van der Waals surface area (Å²) in [5, 5.41) is 8.99. The molecule has 1 rings (SSSR count). The fraction of sp³-hybridized carbons (Fsp3) is 0.818. The first-order chi connectivity index (χ1) is 7.65. The third-order valence-electron chi connectivity index (χ3n) is 3.00. The minimum atomic E-state index is -0.0477. The molecule has 0 spiro atoms. The van der Waals surface area contributed by atoms with Crippen molar-refractivity contribution in [2.75, 3.05) is 13.2 Å². The number of nitrogens with zero attached hydrogens (tertiary/aromatic N) is 1. The van der Waals surface area contributed by atoms with Gasteiger partial charge in [0.1, 0.15) is 0 Å². The number of rotatable bonds is 5. The van der Waals surface area contributed by atoms with Crippen LogP contribution in [0.1, 0.15) is 38.5 Å². The highest BCUT2D eigenvalue weighted by Gasteiger charge is 2.24. The van der Waals surface area contributed by atoms with Crippen LogP contribution in [0.4, 0.5) is 0 Å². The SMILES string of the molecule is NC(=S)CC(=O)N(CCO)C1CCCCC1. The van der Waals surface area contributed by atoms with Gasteiger partial charge in [0, 0.05) is 12.6 Å². The summed E-state index contributed by atoms with van der Waals surface area (Å²) in [5.74, 6) is -0.0477. The van der Waals surface area contributed by atoms with Crippen molar-refractivity contribution < 1.29 is 9.90 Å². The molecule has 0 radical (unpaired) electrons. The van der Waals surface area contributed by atoms with Crippen molar-refractivity contribution in [3.8, 4) is 0 Å². The van der Waals surface area contributed by atoms with E-state index in [4.69, 9.17) is 23.1 Å². The van der Waals surface area contributed by atoms with Gasteiger partial charge in [0.25, 0.3) is 0 Å². The number of carbonyl (C=O) groups excluding carboxylic acids is 1. The maximum absolute atomic E-state index is 11.9. The molecule has 1 aliphatic rings. The molecule has 3 N–H and O–H groups in total. The summed E-state index contributed by atoms with van der Waals surface area (Å²) in [6, 6.07) is 0.266. The smallest absolute Gasteiger partial charge is 0.229 e. The zero-order valence-corrected chi connectivity index (χ0v) is 10.3. The van der Waals surface area contributed by atoms with Crippen LogP contribution < -0.4 is 5.73 Å². The second-order valence-corrected chi connectivity index (χ2v) is 4.77. The molecule has 0 aliphatic heterocycles. The van der Waals surface area contributed by atoms with Gasteiger partial charge in [-0.1, -0.05) is 31.5 Å². The Morgan fingerprint density at radius 3 is 2.50 bits per heavy atom. The van der Waals surface area contributed by atoms with Gasteiger partial charge >= 0.3 is 0 Å². The molecule has 0 aromatic rings. The highest BCUT2D eigenvalue weighted by molar-refractivity contribution is 7.80. The lowest BCUT2D eigenvalue weighted by molar-refractivity contribution is -0.133. The van der Waals surface area contributed by atoms with E-state index in [1.807, 2.05) is 0 Å². The number of amides is 1. The molecule has 0 bridgehead atoms. The number of hydrogen-bond acceptors (Lipinski definition) is 3. The van der Waals surface area contributed by atoms with Crippen LogP contribution in [-0.4, -0.2) is 40.1 Å². The number of carbonyl (C=O) groups is 1. The van der Waals surface area contributed by atoms with Crippen molar-refractivity contribution in [1.29, 1.82) is 0 Å². The molecule has 0 saturated heterocycles. The minimum absolute atomic E-state index is 0.000423. The van der Waals surface area contributed by atoms with Crippen LogP contribution in [0.2, 0.25) is 0 Å². The lowest BCUT2D eigenvalue weighted by Gasteiger charge is -2.34. The molecule has 1 saturated carbocycles. The van der Waals surface area contributed by atoms with Crippen molar-refractivity contribution in [2.45, 2.75) is 44.6 Å². The molecule has 92 valence electrons. The van der Waals surface area contributed by atoms with E-state index >= 15 is 0 Å². The fourth-order valence-corrected chi connectivity index (χ4v) is 2.39. The summed E-state index contributed by atoms with van der Waals surface area (Å²) in [7, 11) is 0. The minimum Gasteiger partial charge on any atom is -0.395 e. The molecule has 0 heterocycles. The van der Waals surface area contributed by atoms with Crippen molar-refractivity contribution in [3.63, 3.8) is 0 Å². The average Bonchev–Trinajstić information content (AvgIpc) is 2.26. The van der Waals surface area contributed by atoms with Gasteiger partial charge in [0.2, 0.25) is 5.91 Å². The summed E-state index contributed by atoms with van der Waals surface area (Å²) in [5.41, 5.74) is 5.38. The number of nitrogens with two attached hydrogens (primary N) is 1. The second kappa shape index (κ2) is 6.81. The summed E-state index contributed by atoms with van der Waals surface area (Å²) in [6.07, 6.45) is 5.74. The van der Waals surface area contributed by atoms with Crippen LogP contribution >= 0.6 is 12.2 Å². The molecule has 0 aromatic heterocycles. The lowest BCUT2D eigenvalue weighted by atomic mass is 9.94. The molecule has 0 atom stereocenters. The third-order valence-corrected chi connectivity index (χ3v) is 3.15. The highest BCUT2D eigenvalue weighted by atomic mass is 32.1. The molecule has 1 amide bonds. The molecular weight excluding hydrogens is 224 g/mol. The zero-order valence-electron chi connectivity index (χ0n) is 9.52. The first kappa shape index (κ1) is 13.4.